The molecule has 3 nitrogen and oxygen atoms in total. The second-order valence-corrected chi connectivity index (χ2v) is 5.87. The SMILES string of the molecule is Cc1csc(CC(=O)C2Cc3ccccc3CN2)n1. The number of thiazole rings is 1. The van der Waals surface area contributed by atoms with Crippen molar-refractivity contribution < 1.29 is 4.79 Å². The molecule has 19 heavy (non-hydrogen) atoms. The first-order valence-electron chi connectivity index (χ1n) is 6.46. The van der Waals surface area contributed by atoms with Gasteiger partial charge in [0.1, 0.15) is 5.01 Å². The fourth-order valence-electron chi connectivity index (χ4n) is 2.44. The Bertz CT molecular complexity index is 606. The predicted molar refractivity (Wildman–Crippen MR) is 76.3 cm³/mol. The van der Waals surface area contributed by atoms with Crippen LogP contribution >= 0.6 is 11.3 Å². The van der Waals surface area contributed by atoms with Crippen molar-refractivity contribution in [1.29, 1.82) is 0 Å². The molecular formula is C15H16N2OS. The van der Waals surface area contributed by atoms with E-state index in [9.17, 15) is 4.79 Å². The van der Waals surface area contributed by atoms with E-state index in [4.69, 9.17) is 0 Å². The van der Waals surface area contributed by atoms with Crippen molar-refractivity contribution in [1.82, 2.24) is 10.3 Å². The van der Waals surface area contributed by atoms with Crippen LogP contribution in [-0.4, -0.2) is 16.8 Å². The minimum absolute atomic E-state index is 0.0703. The van der Waals surface area contributed by atoms with Crippen LogP contribution in [0.25, 0.3) is 0 Å². The molecule has 0 saturated heterocycles. The summed E-state index contributed by atoms with van der Waals surface area (Å²) in [5.74, 6) is 0.240. The first-order chi connectivity index (χ1) is 9.22. The summed E-state index contributed by atoms with van der Waals surface area (Å²) in [6.07, 6.45) is 1.23. The van der Waals surface area contributed by atoms with Crippen LogP contribution in [0.5, 0.6) is 0 Å². The zero-order valence-electron chi connectivity index (χ0n) is 10.8. The quantitative estimate of drug-likeness (QED) is 0.932. The summed E-state index contributed by atoms with van der Waals surface area (Å²) in [4.78, 5) is 16.7. The van der Waals surface area contributed by atoms with Gasteiger partial charge >= 0.3 is 0 Å². The third-order valence-corrected chi connectivity index (χ3v) is 4.43. The monoisotopic (exact) mass is 272 g/mol. The molecule has 98 valence electrons. The molecule has 1 aromatic heterocycles. The van der Waals surface area contributed by atoms with Gasteiger partial charge in [-0.3, -0.25) is 4.79 Å². The highest BCUT2D eigenvalue weighted by atomic mass is 32.1. The second kappa shape index (κ2) is 5.23. The fraction of sp³-hybridized carbons (Fsp3) is 0.333. The third-order valence-electron chi connectivity index (χ3n) is 3.46. The van der Waals surface area contributed by atoms with Gasteiger partial charge in [0.15, 0.2) is 5.78 Å². The lowest BCUT2D eigenvalue weighted by Crippen LogP contribution is -2.42. The average Bonchev–Trinajstić information content (AvgIpc) is 2.83. The van der Waals surface area contributed by atoms with Gasteiger partial charge in [0.2, 0.25) is 0 Å². The van der Waals surface area contributed by atoms with Crippen LogP contribution in [0.15, 0.2) is 29.6 Å². The Hall–Kier alpha value is -1.52. The zero-order valence-corrected chi connectivity index (χ0v) is 11.7. The molecule has 1 unspecified atom stereocenters. The second-order valence-electron chi connectivity index (χ2n) is 4.93. The zero-order chi connectivity index (χ0) is 13.2. The van der Waals surface area contributed by atoms with Crippen LogP contribution in [-0.2, 0) is 24.2 Å². The van der Waals surface area contributed by atoms with Gasteiger partial charge in [0, 0.05) is 17.6 Å². The highest BCUT2D eigenvalue weighted by molar-refractivity contribution is 7.09. The number of Topliss-reactive ketones (excluding diaryl/α,β-unsaturated/α-hetero) is 1. The Kier molecular flexibility index (Phi) is 3.44. The van der Waals surface area contributed by atoms with E-state index in [2.05, 4.69) is 22.4 Å². The summed E-state index contributed by atoms with van der Waals surface area (Å²) >= 11 is 1.57. The number of aromatic nitrogens is 1. The van der Waals surface area contributed by atoms with Crippen LogP contribution in [0.3, 0.4) is 0 Å². The van der Waals surface area contributed by atoms with E-state index in [0.29, 0.717) is 6.42 Å². The molecule has 1 aliphatic rings. The molecule has 1 N–H and O–H groups in total. The minimum atomic E-state index is -0.0703. The van der Waals surface area contributed by atoms with Gasteiger partial charge < -0.3 is 5.32 Å². The number of aryl methyl sites for hydroxylation is 1. The summed E-state index contributed by atoms with van der Waals surface area (Å²) in [5.41, 5.74) is 3.58. The molecule has 1 atom stereocenters. The van der Waals surface area contributed by atoms with Crippen molar-refractivity contribution in [2.24, 2.45) is 0 Å². The van der Waals surface area contributed by atoms with Gasteiger partial charge in [-0.05, 0) is 24.5 Å². The van der Waals surface area contributed by atoms with E-state index >= 15 is 0 Å². The van der Waals surface area contributed by atoms with Gasteiger partial charge in [-0.1, -0.05) is 24.3 Å². The summed E-state index contributed by atoms with van der Waals surface area (Å²) in [5, 5.41) is 6.24. The van der Waals surface area contributed by atoms with Crippen LogP contribution in [0.1, 0.15) is 21.8 Å². The molecule has 0 radical (unpaired) electrons. The molecule has 0 fully saturated rings. The first kappa shape index (κ1) is 12.5. The molecule has 0 amide bonds. The molecule has 0 bridgehead atoms. The van der Waals surface area contributed by atoms with Crippen molar-refractivity contribution in [2.75, 3.05) is 0 Å². The molecule has 0 spiro atoms. The van der Waals surface area contributed by atoms with Crippen LogP contribution in [0.4, 0.5) is 0 Å². The number of hydrogen-bond donors (Lipinski definition) is 1. The number of carbonyl (C=O) groups excluding carboxylic acids is 1. The topological polar surface area (TPSA) is 42.0 Å². The van der Waals surface area contributed by atoms with Gasteiger partial charge in [0.05, 0.1) is 12.5 Å². The molecule has 2 heterocycles. The van der Waals surface area contributed by atoms with Gasteiger partial charge in [-0.25, -0.2) is 4.98 Å². The maximum Gasteiger partial charge on any atom is 0.156 e. The van der Waals surface area contributed by atoms with Crippen LogP contribution in [0, 0.1) is 6.92 Å². The molecule has 2 aromatic rings. The number of carbonyl (C=O) groups is 1. The van der Waals surface area contributed by atoms with Crippen molar-refractivity contribution >= 4 is 17.1 Å². The van der Waals surface area contributed by atoms with Crippen molar-refractivity contribution in [2.45, 2.75) is 32.4 Å². The molecule has 0 aliphatic carbocycles. The average molecular weight is 272 g/mol. The van der Waals surface area contributed by atoms with Crippen LogP contribution in [0.2, 0.25) is 0 Å². The number of ketones is 1. The van der Waals surface area contributed by atoms with E-state index < -0.39 is 0 Å². The highest BCUT2D eigenvalue weighted by Crippen LogP contribution is 2.18. The largest absolute Gasteiger partial charge is 0.303 e. The van der Waals surface area contributed by atoms with E-state index in [0.717, 1.165) is 23.7 Å². The summed E-state index contributed by atoms with van der Waals surface area (Å²) in [6, 6.07) is 8.24. The van der Waals surface area contributed by atoms with Gasteiger partial charge in [0.25, 0.3) is 0 Å². The lowest BCUT2D eigenvalue weighted by molar-refractivity contribution is -0.120. The number of benzene rings is 1. The number of fused-ring (bicyclic) bond motifs is 1. The Balaban J connectivity index is 1.69. The number of nitrogens with one attached hydrogen (secondary N) is 1. The summed E-state index contributed by atoms with van der Waals surface area (Å²) < 4.78 is 0. The smallest absolute Gasteiger partial charge is 0.156 e. The first-order valence-corrected chi connectivity index (χ1v) is 7.34. The third kappa shape index (κ3) is 2.74. The van der Waals surface area contributed by atoms with Gasteiger partial charge in [-0.2, -0.15) is 0 Å². The number of rotatable bonds is 3. The van der Waals surface area contributed by atoms with Crippen LogP contribution < -0.4 is 5.32 Å². The lowest BCUT2D eigenvalue weighted by Gasteiger charge is -2.24. The van der Waals surface area contributed by atoms with E-state index in [1.807, 2.05) is 24.4 Å². The molecular weight excluding hydrogens is 256 g/mol. The molecule has 3 rings (SSSR count). The van der Waals surface area contributed by atoms with E-state index in [-0.39, 0.29) is 11.8 Å². The van der Waals surface area contributed by atoms with Crippen molar-refractivity contribution in [3.8, 4) is 0 Å². The predicted octanol–water partition coefficient (Wildman–Crippen LogP) is 2.28. The van der Waals surface area contributed by atoms with Gasteiger partial charge in [-0.15, -0.1) is 11.3 Å². The molecule has 1 aromatic carbocycles. The van der Waals surface area contributed by atoms with E-state index in [1.165, 1.54) is 11.1 Å². The fourth-order valence-corrected chi connectivity index (χ4v) is 3.22. The van der Waals surface area contributed by atoms with Crippen molar-refractivity contribution in [3.05, 3.63) is 51.5 Å². The number of nitrogens with zero attached hydrogens (tertiary/aromatic N) is 1. The Morgan fingerprint density at radius 2 is 2.21 bits per heavy atom. The lowest BCUT2D eigenvalue weighted by atomic mass is 9.93. The Morgan fingerprint density at radius 1 is 1.42 bits per heavy atom. The highest BCUT2D eigenvalue weighted by Gasteiger charge is 2.24. The maximum atomic E-state index is 12.3. The standard InChI is InChI=1S/C15H16N2OS/c1-10-9-19-15(17-10)7-14(18)13-6-11-4-2-3-5-12(11)8-16-13/h2-5,9,13,16H,6-8H2,1H3. The normalized spacial score (nSPS) is 18.1. The van der Waals surface area contributed by atoms with E-state index in [1.54, 1.807) is 11.3 Å². The molecule has 4 heteroatoms. The Labute approximate surface area is 116 Å². The minimum Gasteiger partial charge on any atom is -0.303 e. The van der Waals surface area contributed by atoms with Crippen molar-refractivity contribution in [3.63, 3.8) is 0 Å². The number of hydrogen-bond acceptors (Lipinski definition) is 4. The molecule has 0 saturated carbocycles. The maximum absolute atomic E-state index is 12.3. The summed E-state index contributed by atoms with van der Waals surface area (Å²) in [7, 11) is 0. The molecule has 1 aliphatic heterocycles. The summed E-state index contributed by atoms with van der Waals surface area (Å²) in [6.45, 7) is 2.74. The Morgan fingerprint density at radius 3 is 2.95 bits per heavy atom.